The maximum absolute atomic E-state index is 13.1. The van der Waals surface area contributed by atoms with Crippen LogP contribution in [-0.2, 0) is 16.0 Å². The molecule has 2 N–H and O–H groups in total. The number of methoxy groups -OCH3 is 2. The van der Waals surface area contributed by atoms with Crippen LogP contribution in [0, 0.1) is 11.7 Å². The van der Waals surface area contributed by atoms with Gasteiger partial charge in [-0.1, -0.05) is 18.2 Å². The molecule has 2 aromatic rings. The first-order valence-corrected chi connectivity index (χ1v) is 11.2. The lowest BCUT2D eigenvalue weighted by atomic mass is 9.96. The molecule has 2 atom stereocenters. The molecular weight excluding hydrogens is 443 g/mol. The normalized spacial score (nSPS) is 16.5. The molecule has 0 aliphatic carbocycles. The van der Waals surface area contributed by atoms with Crippen LogP contribution in [-0.4, -0.2) is 68.4 Å². The zero-order valence-corrected chi connectivity index (χ0v) is 19.5. The maximum atomic E-state index is 13.1. The Labute approximate surface area is 198 Å². The van der Waals surface area contributed by atoms with Gasteiger partial charge >= 0.3 is 0 Å². The number of para-hydroxylation sites is 1. The summed E-state index contributed by atoms with van der Waals surface area (Å²) in [6.45, 7) is 0.845. The fourth-order valence-corrected chi connectivity index (χ4v) is 3.87. The van der Waals surface area contributed by atoms with Crippen LogP contribution in [0.2, 0.25) is 0 Å². The number of aliphatic hydroxyl groups excluding tert-OH is 1. The van der Waals surface area contributed by atoms with E-state index in [9.17, 15) is 19.1 Å². The quantitative estimate of drug-likeness (QED) is 0.548. The van der Waals surface area contributed by atoms with E-state index in [4.69, 9.17) is 14.2 Å². The zero-order chi connectivity index (χ0) is 24.5. The Bertz CT molecular complexity index is 946. The van der Waals surface area contributed by atoms with Gasteiger partial charge in [-0.05, 0) is 42.7 Å². The fourth-order valence-electron chi connectivity index (χ4n) is 3.87. The number of rotatable bonds is 10. The average Bonchev–Trinajstić information content (AvgIpc) is 2.87. The van der Waals surface area contributed by atoms with Gasteiger partial charge in [0.05, 0.1) is 26.6 Å². The molecule has 1 fully saturated rings. The number of hydrogen-bond donors (Lipinski definition) is 2. The number of piperidine rings is 1. The maximum Gasteiger partial charge on any atom is 0.227 e. The molecule has 0 radical (unpaired) electrons. The van der Waals surface area contributed by atoms with E-state index in [0.29, 0.717) is 43.2 Å². The van der Waals surface area contributed by atoms with Gasteiger partial charge in [0.25, 0.3) is 0 Å². The molecule has 34 heavy (non-hydrogen) atoms. The van der Waals surface area contributed by atoms with Gasteiger partial charge in [-0.3, -0.25) is 9.59 Å². The van der Waals surface area contributed by atoms with Gasteiger partial charge in [0.1, 0.15) is 18.5 Å². The molecule has 1 heterocycles. The number of carbonyl (C=O) groups excluding carboxylic acids is 2. The summed E-state index contributed by atoms with van der Waals surface area (Å²) in [5, 5.41) is 13.0. The monoisotopic (exact) mass is 474 g/mol. The van der Waals surface area contributed by atoms with Crippen LogP contribution in [0.25, 0.3) is 0 Å². The first-order valence-electron chi connectivity index (χ1n) is 11.2. The van der Waals surface area contributed by atoms with E-state index in [-0.39, 0.29) is 43.1 Å². The van der Waals surface area contributed by atoms with Crippen LogP contribution in [0.1, 0.15) is 18.4 Å². The second kappa shape index (κ2) is 12.2. The Kier molecular flexibility index (Phi) is 9.09. The molecule has 1 aliphatic rings. The highest BCUT2D eigenvalue weighted by Gasteiger charge is 2.28. The number of amides is 2. The topological polar surface area (TPSA) is 97.3 Å². The van der Waals surface area contributed by atoms with Crippen molar-refractivity contribution in [2.45, 2.75) is 25.4 Å². The predicted octanol–water partition coefficient (Wildman–Crippen LogP) is 2.18. The van der Waals surface area contributed by atoms with Crippen molar-refractivity contribution in [3.05, 3.63) is 53.8 Å². The highest BCUT2D eigenvalue weighted by Crippen LogP contribution is 2.36. The number of benzene rings is 2. The Morgan fingerprint density at radius 3 is 2.47 bits per heavy atom. The standard InChI is InChI=1S/C25H31FN2O6/c1-32-21-6-3-7-22(33-2)24(21)34-16-20(29)14-27-25(31)18-5-4-12-28(15-18)23(30)13-17-8-10-19(26)11-9-17/h3,6-11,18,20,29H,4-5,12-16H2,1-2H3,(H,27,31). The van der Waals surface area contributed by atoms with Gasteiger partial charge in [0.15, 0.2) is 11.5 Å². The van der Waals surface area contributed by atoms with E-state index in [0.717, 1.165) is 5.56 Å². The number of halogens is 1. The molecule has 0 aromatic heterocycles. The fraction of sp³-hybridized carbons (Fsp3) is 0.440. The number of likely N-dealkylation sites (tertiary alicyclic amines) is 1. The lowest BCUT2D eigenvalue weighted by Crippen LogP contribution is -2.47. The molecule has 8 nitrogen and oxygen atoms in total. The average molecular weight is 475 g/mol. The van der Waals surface area contributed by atoms with Crippen LogP contribution < -0.4 is 19.5 Å². The molecular formula is C25H31FN2O6. The molecule has 0 spiro atoms. The van der Waals surface area contributed by atoms with E-state index in [1.165, 1.54) is 26.4 Å². The Hall–Kier alpha value is -3.33. The van der Waals surface area contributed by atoms with Crippen molar-refractivity contribution >= 4 is 11.8 Å². The molecule has 2 aromatic carbocycles. The third-order valence-corrected chi connectivity index (χ3v) is 5.73. The first-order chi connectivity index (χ1) is 16.4. The Morgan fingerprint density at radius 1 is 1.15 bits per heavy atom. The molecule has 0 bridgehead atoms. The molecule has 0 saturated carbocycles. The van der Waals surface area contributed by atoms with Crippen LogP contribution >= 0.6 is 0 Å². The van der Waals surface area contributed by atoms with Gasteiger partial charge in [-0.25, -0.2) is 4.39 Å². The lowest BCUT2D eigenvalue weighted by Gasteiger charge is -2.32. The van der Waals surface area contributed by atoms with Gasteiger partial charge in [0.2, 0.25) is 17.6 Å². The summed E-state index contributed by atoms with van der Waals surface area (Å²) in [5.41, 5.74) is 0.729. The van der Waals surface area contributed by atoms with Crippen molar-refractivity contribution in [2.75, 3.05) is 40.5 Å². The van der Waals surface area contributed by atoms with Crippen LogP contribution in [0.4, 0.5) is 4.39 Å². The predicted molar refractivity (Wildman–Crippen MR) is 123 cm³/mol. The van der Waals surface area contributed by atoms with Gasteiger partial charge in [-0.2, -0.15) is 0 Å². The first kappa shape index (κ1) is 25.3. The third-order valence-electron chi connectivity index (χ3n) is 5.73. The minimum atomic E-state index is -0.946. The van der Waals surface area contributed by atoms with Crippen molar-refractivity contribution in [3.8, 4) is 17.2 Å². The largest absolute Gasteiger partial charge is 0.493 e. The van der Waals surface area contributed by atoms with Crippen molar-refractivity contribution in [1.82, 2.24) is 10.2 Å². The molecule has 2 unspecified atom stereocenters. The van der Waals surface area contributed by atoms with Gasteiger partial charge < -0.3 is 29.5 Å². The number of hydrogen-bond acceptors (Lipinski definition) is 6. The molecule has 1 saturated heterocycles. The Balaban J connectivity index is 1.46. The third kappa shape index (κ3) is 6.84. The SMILES string of the molecule is COc1cccc(OC)c1OCC(O)CNC(=O)C1CCCN(C(=O)Cc2ccc(F)cc2)C1. The molecule has 9 heteroatoms. The summed E-state index contributed by atoms with van der Waals surface area (Å²) in [4.78, 5) is 27.0. The van der Waals surface area contributed by atoms with Crippen LogP contribution in [0.3, 0.4) is 0 Å². The molecule has 3 rings (SSSR count). The zero-order valence-electron chi connectivity index (χ0n) is 19.5. The Morgan fingerprint density at radius 2 is 1.82 bits per heavy atom. The number of nitrogens with zero attached hydrogens (tertiary/aromatic N) is 1. The molecule has 184 valence electrons. The number of aliphatic hydroxyl groups is 1. The minimum absolute atomic E-state index is 0.0102. The minimum Gasteiger partial charge on any atom is -0.493 e. The van der Waals surface area contributed by atoms with E-state index in [1.54, 1.807) is 35.2 Å². The second-order valence-corrected chi connectivity index (χ2v) is 8.18. The molecule has 2 amide bonds. The summed E-state index contributed by atoms with van der Waals surface area (Å²) in [5.74, 6) is 0.317. The summed E-state index contributed by atoms with van der Waals surface area (Å²) >= 11 is 0. The van der Waals surface area contributed by atoms with Crippen molar-refractivity contribution in [1.29, 1.82) is 0 Å². The number of ether oxygens (including phenoxy) is 3. The summed E-state index contributed by atoms with van der Waals surface area (Å²) in [6.07, 6.45) is 0.596. The van der Waals surface area contributed by atoms with Crippen molar-refractivity contribution in [3.63, 3.8) is 0 Å². The smallest absolute Gasteiger partial charge is 0.227 e. The van der Waals surface area contributed by atoms with Gasteiger partial charge in [-0.15, -0.1) is 0 Å². The van der Waals surface area contributed by atoms with E-state index < -0.39 is 6.10 Å². The van der Waals surface area contributed by atoms with E-state index >= 15 is 0 Å². The van der Waals surface area contributed by atoms with E-state index in [2.05, 4.69) is 5.32 Å². The lowest BCUT2D eigenvalue weighted by molar-refractivity contribution is -0.135. The van der Waals surface area contributed by atoms with E-state index in [1.807, 2.05) is 0 Å². The highest BCUT2D eigenvalue weighted by molar-refractivity contribution is 5.82. The van der Waals surface area contributed by atoms with Gasteiger partial charge in [0, 0.05) is 19.6 Å². The van der Waals surface area contributed by atoms with Crippen LogP contribution in [0.15, 0.2) is 42.5 Å². The van der Waals surface area contributed by atoms with Crippen molar-refractivity contribution in [2.24, 2.45) is 5.92 Å². The summed E-state index contributed by atoms with van der Waals surface area (Å²) < 4.78 is 29.3. The van der Waals surface area contributed by atoms with Crippen LogP contribution in [0.5, 0.6) is 17.2 Å². The molecule has 1 aliphatic heterocycles. The number of carbonyl (C=O) groups is 2. The van der Waals surface area contributed by atoms with Crippen molar-refractivity contribution < 1.29 is 33.3 Å². The summed E-state index contributed by atoms with van der Waals surface area (Å²) in [7, 11) is 3.02. The number of nitrogens with one attached hydrogen (secondary N) is 1. The summed E-state index contributed by atoms with van der Waals surface area (Å²) in [6, 6.07) is 11.0. The highest BCUT2D eigenvalue weighted by atomic mass is 19.1. The second-order valence-electron chi connectivity index (χ2n) is 8.18.